The standard InChI is InChI=1S/C16H27N5O3/c1-16(2,3)24-15(23)21-10-7-17-11-13(21)14(22)19-5-4-8-20-9-6-18-12-20/h6,9,12-13,17H,4-5,7-8,10-11H2,1-3H3,(H,19,22)/t13-/m1/s1. The van der Waals surface area contributed by atoms with Crippen molar-refractivity contribution in [2.75, 3.05) is 26.2 Å². The molecule has 1 aliphatic rings. The first-order chi connectivity index (χ1) is 11.4. The predicted molar refractivity (Wildman–Crippen MR) is 89.5 cm³/mol. The Morgan fingerprint density at radius 2 is 2.21 bits per heavy atom. The zero-order valence-electron chi connectivity index (χ0n) is 14.6. The summed E-state index contributed by atoms with van der Waals surface area (Å²) in [4.78, 5) is 30.2. The average Bonchev–Trinajstić information content (AvgIpc) is 3.03. The van der Waals surface area contributed by atoms with Crippen LogP contribution in [-0.2, 0) is 16.1 Å². The van der Waals surface area contributed by atoms with Gasteiger partial charge in [-0.2, -0.15) is 0 Å². The van der Waals surface area contributed by atoms with Crippen LogP contribution in [0.25, 0.3) is 0 Å². The monoisotopic (exact) mass is 337 g/mol. The molecule has 8 heteroatoms. The zero-order valence-corrected chi connectivity index (χ0v) is 14.6. The number of nitrogens with one attached hydrogen (secondary N) is 2. The van der Waals surface area contributed by atoms with Crippen LogP contribution in [0.2, 0.25) is 0 Å². The van der Waals surface area contributed by atoms with Crippen molar-refractivity contribution in [3.05, 3.63) is 18.7 Å². The third-order valence-corrected chi connectivity index (χ3v) is 3.63. The lowest BCUT2D eigenvalue weighted by atomic mass is 10.1. The van der Waals surface area contributed by atoms with E-state index < -0.39 is 17.7 Å². The number of nitrogens with zero attached hydrogens (tertiary/aromatic N) is 3. The number of hydrogen-bond acceptors (Lipinski definition) is 5. The number of aryl methyl sites for hydroxylation is 1. The van der Waals surface area contributed by atoms with Gasteiger partial charge in [-0.1, -0.05) is 0 Å². The second-order valence-electron chi connectivity index (χ2n) is 6.84. The molecular formula is C16H27N5O3. The van der Waals surface area contributed by atoms with Crippen molar-refractivity contribution in [1.29, 1.82) is 0 Å². The molecule has 0 spiro atoms. The summed E-state index contributed by atoms with van der Waals surface area (Å²) in [6.07, 6.45) is 5.72. The van der Waals surface area contributed by atoms with Crippen molar-refractivity contribution < 1.29 is 14.3 Å². The van der Waals surface area contributed by atoms with Crippen molar-refractivity contribution in [2.24, 2.45) is 0 Å². The summed E-state index contributed by atoms with van der Waals surface area (Å²) < 4.78 is 7.36. The normalized spacial score (nSPS) is 18.3. The molecule has 1 atom stereocenters. The molecule has 2 rings (SSSR count). The van der Waals surface area contributed by atoms with Crippen LogP contribution in [-0.4, -0.2) is 64.3 Å². The van der Waals surface area contributed by atoms with Crippen molar-refractivity contribution in [1.82, 2.24) is 25.1 Å². The molecule has 0 saturated carbocycles. The minimum atomic E-state index is -0.576. The molecule has 1 aromatic rings. The fourth-order valence-corrected chi connectivity index (χ4v) is 2.49. The van der Waals surface area contributed by atoms with E-state index in [0.717, 1.165) is 13.0 Å². The Bertz CT molecular complexity index is 538. The Labute approximate surface area is 142 Å². The van der Waals surface area contributed by atoms with Crippen molar-refractivity contribution >= 4 is 12.0 Å². The highest BCUT2D eigenvalue weighted by Gasteiger charge is 2.34. The molecule has 8 nitrogen and oxygen atoms in total. The summed E-state index contributed by atoms with van der Waals surface area (Å²) >= 11 is 0. The van der Waals surface area contributed by atoms with Crippen molar-refractivity contribution in [3.8, 4) is 0 Å². The first-order valence-corrected chi connectivity index (χ1v) is 8.30. The Morgan fingerprint density at radius 1 is 1.42 bits per heavy atom. The Hall–Kier alpha value is -2.09. The van der Waals surface area contributed by atoms with Crippen LogP contribution in [0.3, 0.4) is 0 Å². The van der Waals surface area contributed by atoms with Gasteiger partial charge >= 0.3 is 6.09 Å². The van der Waals surface area contributed by atoms with E-state index in [-0.39, 0.29) is 5.91 Å². The highest BCUT2D eigenvalue weighted by Crippen LogP contribution is 2.13. The highest BCUT2D eigenvalue weighted by atomic mass is 16.6. The Kier molecular flexibility index (Phi) is 6.19. The number of amides is 2. The smallest absolute Gasteiger partial charge is 0.411 e. The van der Waals surface area contributed by atoms with E-state index in [2.05, 4.69) is 15.6 Å². The molecule has 1 fully saturated rings. The summed E-state index contributed by atoms with van der Waals surface area (Å²) in [6, 6.07) is -0.540. The molecule has 2 N–H and O–H groups in total. The van der Waals surface area contributed by atoms with Gasteiger partial charge in [0.25, 0.3) is 0 Å². The van der Waals surface area contributed by atoms with Crippen molar-refractivity contribution in [3.63, 3.8) is 0 Å². The zero-order chi connectivity index (χ0) is 17.6. The van der Waals surface area contributed by atoms with Gasteiger partial charge in [-0.05, 0) is 27.2 Å². The lowest BCUT2D eigenvalue weighted by Gasteiger charge is -2.36. The summed E-state index contributed by atoms with van der Waals surface area (Å²) in [6.45, 7) is 8.35. The van der Waals surface area contributed by atoms with E-state index in [0.29, 0.717) is 26.2 Å². The fourth-order valence-electron chi connectivity index (χ4n) is 2.49. The number of aromatic nitrogens is 2. The minimum absolute atomic E-state index is 0.154. The molecule has 2 heterocycles. The molecule has 2 amide bonds. The van der Waals surface area contributed by atoms with E-state index in [1.807, 2.05) is 31.5 Å². The van der Waals surface area contributed by atoms with Gasteiger partial charge in [-0.3, -0.25) is 9.69 Å². The van der Waals surface area contributed by atoms with Crippen LogP contribution in [0.15, 0.2) is 18.7 Å². The number of ether oxygens (including phenoxy) is 1. The first kappa shape index (κ1) is 18.3. The summed E-state index contributed by atoms with van der Waals surface area (Å²) in [7, 11) is 0. The molecule has 1 saturated heterocycles. The molecule has 0 radical (unpaired) electrons. The van der Waals surface area contributed by atoms with Gasteiger partial charge in [-0.25, -0.2) is 9.78 Å². The quantitative estimate of drug-likeness (QED) is 0.768. The third kappa shape index (κ3) is 5.52. The summed E-state index contributed by atoms with van der Waals surface area (Å²) in [5.74, 6) is -0.154. The fraction of sp³-hybridized carbons (Fsp3) is 0.688. The molecule has 24 heavy (non-hydrogen) atoms. The van der Waals surface area contributed by atoms with Gasteiger partial charge in [0.2, 0.25) is 5.91 Å². The van der Waals surface area contributed by atoms with Crippen LogP contribution < -0.4 is 10.6 Å². The maximum atomic E-state index is 12.4. The lowest BCUT2D eigenvalue weighted by molar-refractivity contribution is -0.127. The summed E-state index contributed by atoms with van der Waals surface area (Å²) in [5.41, 5.74) is -0.576. The van der Waals surface area contributed by atoms with Crippen LogP contribution in [0.4, 0.5) is 4.79 Å². The highest BCUT2D eigenvalue weighted by molar-refractivity contribution is 5.86. The molecular weight excluding hydrogens is 310 g/mol. The van der Waals surface area contributed by atoms with E-state index >= 15 is 0 Å². The predicted octanol–water partition coefficient (Wildman–Crippen LogP) is 0.598. The number of rotatable bonds is 5. The molecule has 1 aromatic heterocycles. The first-order valence-electron chi connectivity index (χ1n) is 8.30. The lowest BCUT2D eigenvalue weighted by Crippen LogP contribution is -2.60. The van der Waals surface area contributed by atoms with Gasteiger partial charge in [-0.15, -0.1) is 0 Å². The number of carbonyl (C=O) groups is 2. The van der Waals surface area contributed by atoms with E-state index in [1.54, 1.807) is 12.5 Å². The van der Waals surface area contributed by atoms with Gasteiger partial charge in [0, 0.05) is 45.1 Å². The molecule has 0 bridgehead atoms. The SMILES string of the molecule is CC(C)(C)OC(=O)N1CCNC[C@@H]1C(=O)NCCCn1ccnc1. The second-order valence-corrected chi connectivity index (χ2v) is 6.84. The Balaban J connectivity index is 1.82. The van der Waals surface area contributed by atoms with Crippen LogP contribution in [0, 0.1) is 0 Å². The number of imidazole rings is 1. The number of hydrogen-bond donors (Lipinski definition) is 2. The van der Waals surface area contributed by atoms with Gasteiger partial charge in [0.1, 0.15) is 11.6 Å². The third-order valence-electron chi connectivity index (χ3n) is 3.63. The minimum Gasteiger partial charge on any atom is -0.444 e. The number of piperazine rings is 1. The summed E-state index contributed by atoms with van der Waals surface area (Å²) in [5, 5.41) is 6.05. The maximum absolute atomic E-state index is 12.4. The van der Waals surface area contributed by atoms with Crippen LogP contribution in [0.1, 0.15) is 27.2 Å². The molecule has 1 aliphatic heterocycles. The molecule has 0 unspecified atom stereocenters. The van der Waals surface area contributed by atoms with Crippen molar-refractivity contribution in [2.45, 2.75) is 45.4 Å². The molecule has 134 valence electrons. The average molecular weight is 337 g/mol. The largest absolute Gasteiger partial charge is 0.444 e. The van der Waals surface area contributed by atoms with E-state index in [9.17, 15) is 9.59 Å². The number of carbonyl (C=O) groups excluding carboxylic acids is 2. The second kappa shape index (κ2) is 8.14. The van der Waals surface area contributed by atoms with Gasteiger partial charge < -0.3 is 19.9 Å². The van der Waals surface area contributed by atoms with Gasteiger partial charge in [0.05, 0.1) is 6.33 Å². The molecule has 0 aromatic carbocycles. The van der Waals surface area contributed by atoms with Crippen LogP contribution >= 0.6 is 0 Å². The van der Waals surface area contributed by atoms with E-state index in [4.69, 9.17) is 4.74 Å². The maximum Gasteiger partial charge on any atom is 0.411 e. The topological polar surface area (TPSA) is 88.5 Å². The molecule has 0 aliphatic carbocycles. The van der Waals surface area contributed by atoms with E-state index in [1.165, 1.54) is 4.90 Å². The van der Waals surface area contributed by atoms with Crippen LogP contribution in [0.5, 0.6) is 0 Å². The van der Waals surface area contributed by atoms with Gasteiger partial charge in [0.15, 0.2) is 0 Å². The Morgan fingerprint density at radius 3 is 2.88 bits per heavy atom.